The van der Waals surface area contributed by atoms with Crippen LogP contribution in [0.1, 0.15) is 18.6 Å². The second-order valence-electron chi connectivity index (χ2n) is 3.30. The summed E-state index contributed by atoms with van der Waals surface area (Å²) in [7, 11) is 1.81. The maximum absolute atomic E-state index is 9.93. The van der Waals surface area contributed by atoms with Gasteiger partial charge in [0.2, 0.25) is 0 Å². The molecule has 3 nitrogen and oxygen atoms in total. The van der Waals surface area contributed by atoms with Crippen LogP contribution in [0.2, 0.25) is 0 Å². The second-order valence-corrected chi connectivity index (χ2v) is 4.21. The van der Waals surface area contributed by atoms with Crippen molar-refractivity contribution in [2.75, 3.05) is 12.8 Å². The molecule has 0 saturated heterocycles. The van der Waals surface area contributed by atoms with Crippen molar-refractivity contribution in [2.24, 2.45) is 0 Å². The third-order valence-corrected chi connectivity index (χ3v) is 2.79. The smallest absolute Gasteiger partial charge is 0.0960 e. The Balaban J connectivity index is 2.99. The van der Waals surface area contributed by atoms with Gasteiger partial charge in [0.1, 0.15) is 0 Å². The zero-order valence-corrected chi connectivity index (χ0v) is 9.88. The van der Waals surface area contributed by atoms with E-state index in [0.29, 0.717) is 5.69 Å². The van der Waals surface area contributed by atoms with Crippen LogP contribution in [-0.4, -0.2) is 18.2 Å². The van der Waals surface area contributed by atoms with Crippen molar-refractivity contribution in [3.63, 3.8) is 0 Å². The van der Waals surface area contributed by atoms with Crippen molar-refractivity contribution < 1.29 is 5.11 Å². The first-order valence-corrected chi connectivity index (χ1v) is 5.25. The number of hydrogen-bond acceptors (Lipinski definition) is 3. The number of hydrogen-bond donors (Lipinski definition) is 3. The Hall–Kier alpha value is -0.580. The summed E-state index contributed by atoms with van der Waals surface area (Å²) in [5.74, 6) is 0. The van der Waals surface area contributed by atoms with Crippen LogP contribution < -0.4 is 11.1 Å². The van der Waals surface area contributed by atoms with Crippen molar-refractivity contribution in [3.05, 3.63) is 28.2 Å². The average molecular weight is 259 g/mol. The molecular weight excluding hydrogens is 244 g/mol. The van der Waals surface area contributed by atoms with E-state index >= 15 is 0 Å². The Labute approximate surface area is 92.4 Å². The second kappa shape index (κ2) is 4.77. The molecule has 0 radical (unpaired) electrons. The van der Waals surface area contributed by atoms with Gasteiger partial charge in [-0.05, 0) is 32.2 Å². The molecule has 0 saturated carbocycles. The van der Waals surface area contributed by atoms with E-state index < -0.39 is 6.10 Å². The number of nitrogens with one attached hydrogen (secondary N) is 1. The van der Waals surface area contributed by atoms with Crippen LogP contribution in [0.5, 0.6) is 0 Å². The van der Waals surface area contributed by atoms with E-state index in [-0.39, 0.29) is 6.04 Å². The van der Waals surface area contributed by atoms with E-state index in [4.69, 9.17) is 5.73 Å². The Morgan fingerprint density at radius 1 is 1.50 bits per heavy atom. The molecule has 0 spiro atoms. The molecule has 0 amide bonds. The fourth-order valence-electron chi connectivity index (χ4n) is 1.23. The highest BCUT2D eigenvalue weighted by atomic mass is 79.9. The lowest BCUT2D eigenvalue weighted by atomic mass is 10.0. The molecular formula is C10H15BrN2O. The summed E-state index contributed by atoms with van der Waals surface area (Å²) in [5.41, 5.74) is 7.14. The van der Waals surface area contributed by atoms with Gasteiger partial charge < -0.3 is 16.2 Å². The quantitative estimate of drug-likeness (QED) is 0.724. The minimum Gasteiger partial charge on any atom is -0.398 e. The molecule has 4 N–H and O–H groups in total. The van der Waals surface area contributed by atoms with Gasteiger partial charge in [-0.2, -0.15) is 0 Å². The number of likely N-dealkylation sites (N-methyl/N-ethyl adjacent to an activating group) is 1. The molecule has 1 rings (SSSR count). The molecule has 0 aliphatic carbocycles. The van der Waals surface area contributed by atoms with Gasteiger partial charge in [0, 0.05) is 21.8 Å². The molecule has 2 atom stereocenters. The molecule has 2 unspecified atom stereocenters. The molecule has 78 valence electrons. The molecule has 14 heavy (non-hydrogen) atoms. The minimum absolute atomic E-state index is 0.0217. The highest BCUT2D eigenvalue weighted by Crippen LogP contribution is 2.26. The zero-order valence-electron chi connectivity index (χ0n) is 8.29. The number of halogens is 1. The molecule has 4 heteroatoms. The number of benzene rings is 1. The summed E-state index contributed by atoms with van der Waals surface area (Å²) < 4.78 is 0.920. The Morgan fingerprint density at radius 3 is 2.71 bits per heavy atom. The van der Waals surface area contributed by atoms with Crippen molar-refractivity contribution in [1.82, 2.24) is 5.32 Å². The third-order valence-electron chi connectivity index (χ3n) is 2.30. The van der Waals surface area contributed by atoms with Crippen LogP contribution in [0.25, 0.3) is 0 Å². The number of anilines is 1. The number of aliphatic hydroxyl groups excluding tert-OH is 1. The summed E-state index contributed by atoms with van der Waals surface area (Å²) >= 11 is 3.35. The van der Waals surface area contributed by atoms with E-state index in [1.165, 1.54) is 0 Å². The van der Waals surface area contributed by atoms with Crippen molar-refractivity contribution in [3.8, 4) is 0 Å². The lowest BCUT2D eigenvalue weighted by Crippen LogP contribution is -2.29. The fourth-order valence-corrected chi connectivity index (χ4v) is 1.61. The number of aliphatic hydroxyl groups is 1. The van der Waals surface area contributed by atoms with Crippen molar-refractivity contribution in [2.45, 2.75) is 19.1 Å². The predicted molar refractivity (Wildman–Crippen MR) is 62.0 cm³/mol. The molecule has 1 aromatic carbocycles. The zero-order chi connectivity index (χ0) is 10.7. The topological polar surface area (TPSA) is 58.3 Å². The first-order valence-electron chi connectivity index (χ1n) is 4.46. The minimum atomic E-state index is -0.586. The van der Waals surface area contributed by atoms with Gasteiger partial charge >= 0.3 is 0 Å². The molecule has 0 aromatic heterocycles. The van der Waals surface area contributed by atoms with Crippen LogP contribution in [0, 0.1) is 0 Å². The van der Waals surface area contributed by atoms with E-state index in [1.54, 1.807) is 6.07 Å². The number of nitrogens with two attached hydrogens (primary N) is 1. The highest BCUT2D eigenvalue weighted by Gasteiger charge is 2.17. The summed E-state index contributed by atoms with van der Waals surface area (Å²) in [6.45, 7) is 1.91. The van der Waals surface area contributed by atoms with Crippen LogP contribution in [0.3, 0.4) is 0 Å². The van der Waals surface area contributed by atoms with Crippen molar-refractivity contribution in [1.29, 1.82) is 0 Å². The largest absolute Gasteiger partial charge is 0.398 e. The monoisotopic (exact) mass is 258 g/mol. The summed E-state index contributed by atoms with van der Waals surface area (Å²) in [5, 5.41) is 12.9. The maximum Gasteiger partial charge on any atom is 0.0960 e. The van der Waals surface area contributed by atoms with Gasteiger partial charge in [0.05, 0.1) is 6.10 Å². The number of nitrogen functional groups attached to an aromatic ring is 1. The highest BCUT2D eigenvalue weighted by molar-refractivity contribution is 9.10. The van der Waals surface area contributed by atoms with Gasteiger partial charge in [-0.15, -0.1) is 0 Å². The SMILES string of the molecule is CNC(C)C(O)c1cc(Br)ccc1N. The van der Waals surface area contributed by atoms with Gasteiger partial charge in [-0.1, -0.05) is 15.9 Å². The van der Waals surface area contributed by atoms with E-state index in [1.807, 2.05) is 26.1 Å². The maximum atomic E-state index is 9.93. The van der Waals surface area contributed by atoms with E-state index in [9.17, 15) is 5.11 Å². The molecule has 0 fully saturated rings. The molecule has 0 aliphatic rings. The Bertz CT molecular complexity index is 317. The summed E-state index contributed by atoms with van der Waals surface area (Å²) in [6.07, 6.45) is -0.586. The van der Waals surface area contributed by atoms with Crippen molar-refractivity contribution >= 4 is 21.6 Å². The average Bonchev–Trinajstić information content (AvgIpc) is 2.19. The Kier molecular flexibility index (Phi) is 3.92. The fraction of sp³-hybridized carbons (Fsp3) is 0.400. The van der Waals surface area contributed by atoms with Gasteiger partial charge in [0.25, 0.3) is 0 Å². The molecule has 0 aliphatic heterocycles. The third kappa shape index (κ3) is 2.47. The summed E-state index contributed by atoms with van der Waals surface area (Å²) in [6, 6.07) is 5.46. The summed E-state index contributed by atoms with van der Waals surface area (Å²) in [4.78, 5) is 0. The van der Waals surface area contributed by atoms with Crippen LogP contribution in [-0.2, 0) is 0 Å². The van der Waals surface area contributed by atoms with Gasteiger partial charge in [-0.25, -0.2) is 0 Å². The van der Waals surface area contributed by atoms with E-state index in [0.717, 1.165) is 10.0 Å². The normalized spacial score (nSPS) is 15.1. The number of rotatable bonds is 3. The van der Waals surface area contributed by atoms with Crippen LogP contribution in [0.4, 0.5) is 5.69 Å². The standard InChI is InChI=1S/C10H15BrN2O/c1-6(13-2)10(14)8-5-7(11)3-4-9(8)12/h3-6,10,13-14H,12H2,1-2H3. The lowest BCUT2D eigenvalue weighted by Gasteiger charge is -2.20. The molecule has 0 heterocycles. The Morgan fingerprint density at radius 2 is 2.14 bits per heavy atom. The predicted octanol–water partition coefficient (Wildman–Crippen LogP) is 1.67. The first kappa shape index (κ1) is 11.5. The van der Waals surface area contributed by atoms with Crippen LogP contribution in [0.15, 0.2) is 22.7 Å². The van der Waals surface area contributed by atoms with Gasteiger partial charge in [-0.3, -0.25) is 0 Å². The van der Waals surface area contributed by atoms with E-state index in [2.05, 4.69) is 21.2 Å². The van der Waals surface area contributed by atoms with Crippen LogP contribution >= 0.6 is 15.9 Å². The first-order chi connectivity index (χ1) is 6.56. The van der Waals surface area contributed by atoms with Gasteiger partial charge in [0.15, 0.2) is 0 Å². The lowest BCUT2D eigenvalue weighted by molar-refractivity contribution is 0.141. The molecule has 0 bridgehead atoms. The molecule has 1 aromatic rings.